The molecule has 1 amide bonds. The van der Waals surface area contributed by atoms with E-state index in [1.54, 1.807) is 11.8 Å². The van der Waals surface area contributed by atoms with Gasteiger partial charge in [-0.1, -0.05) is 42.0 Å². The van der Waals surface area contributed by atoms with Crippen molar-refractivity contribution in [1.29, 1.82) is 0 Å². The lowest BCUT2D eigenvalue weighted by Crippen LogP contribution is -2.42. The average Bonchev–Trinajstić information content (AvgIpc) is 2.61. The van der Waals surface area contributed by atoms with Gasteiger partial charge in [0.05, 0.1) is 6.04 Å². The molecule has 1 N–H and O–H groups in total. The van der Waals surface area contributed by atoms with E-state index in [4.69, 9.17) is 0 Å². The highest BCUT2D eigenvalue weighted by Gasteiger charge is 2.17. The maximum Gasteiger partial charge on any atom is 0.237 e. The first kappa shape index (κ1) is 18.6. The number of nitrogens with zero attached hydrogens (tertiary/aromatic N) is 1. The van der Waals surface area contributed by atoms with Gasteiger partial charge in [0.25, 0.3) is 0 Å². The fourth-order valence-corrected chi connectivity index (χ4v) is 2.81. The smallest absolute Gasteiger partial charge is 0.237 e. The van der Waals surface area contributed by atoms with E-state index in [0.29, 0.717) is 6.54 Å². The van der Waals surface area contributed by atoms with E-state index in [2.05, 4.69) is 71.9 Å². The third kappa shape index (κ3) is 5.39. The van der Waals surface area contributed by atoms with Gasteiger partial charge >= 0.3 is 0 Å². The first-order valence-corrected chi connectivity index (χ1v) is 9.38. The van der Waals surface area contributed by atoms with Gasteiger partial charge in [0.2, 0.25) is 5.91 Å². The second kappa shape index (κ2) is 8.90. The topological polar surface area (TPSA) is 32.3 Å². The zero-order valence-corrected chi connectivity index (χ0v) is 15.7. The number of rotatable bonds is 7. The average molecular weight is 343 g/mol. The van der Waals surface area contributed by atoms with Gasteiger partial charge in [0.1, 0.15) is 0 Å². The molecule has 0 radical (unpaired) electrons. The molecule has 0 heterocycles. The van der Waals surface area contributed by atoms with E-state index in [1.165, 1.54) is 16.0 Å². The predicted molar refractivity (Wildman–Crippen MR) is 102 cm³/mol. The number of likely N-dealkylation sites (N-methyl/N-ethyl adjacent to an activating group) is 1. The number of hydrogen-bond donors (Lipinski definition) is 1. The fraction of sp³-hybridized carbons (Fsp3) is 0.350. The first-order chi connectivity index (χ1) is 11.5. The molecule has 0 aliphatic rings. The summed E-state index contributed by atoms with van der Waals surface area (Å²) in [4.78, 5) is 15.7. The number of nitrogens with one attached hydrogen (secondary N) is 1. The van der Waals surface area contributed by atoms with Gasteiger partial charge in [-0.15, -0.1) is 11.8 Å². The molecule has 2 aromatic carbocycles. The second-order valence-corrected chi connectivity index (χ2v) is 7.02. The Labute approximate surface area is 149 Å². The molecule has 3 nitrogen and oxygen atoms in total. The van der Waals surface area contributed by atoms with Gasteiger partial charge in [-0.25, -0.2) is 0 Å². The van der Waals surface area contributed by atoms with Crippen molar-refractivity contribution in [3.63, 3.8) is 0 Å². The normalized spacial score (nSPS) is 12.2. The summed E-state index contributed by atoms with van der Waals surface area (Å²) in [5, 5.41) is 3.02. The molecule has 0 bridgehead atoms. The number of carbonyl (C=O) groups excluding carboxylic acids is 1. The quantitative estimate of drug-likeness (QED) is 0.776. The maximum atomic E-state index is 12.4. The standard InChI is InChI=1S/C20H26N2OS/c1-15-5-7-17(8-6-15)13-21-20(23)16(2)22(3)14-18-9-11-19(24-4)12-10-18/h5-12,16H,13-14H2,1-4H3,(H,21,23)/t16-/m0/s1. The van der Waals surface area contributed by atoms with Crippen molar-refractivity contribution in [3.05, 3.63) is 65.2 Å². The number of benzene rings is 2. The van der Waals surface area contributed by atoms with Gasteiger partial charge in [-0.05, 0) is 50.4 Å². The molecular weight excluding hydrogens is 316 g/mol. The summed E-state index contributed by atoms with van der Waals surface area (Å²) in [7, 11) is 1.98. The Bertz CT molecular complexity index is 652. The van der Waals surface area contributed by atoms with Crippen molar-refractivity contribution in [2.45, 2.75) is 37.9 Å². The maximum absolute atomic E-state index is 12.4. The van der Waals surface area contributed by atoms with Gasteiger partial charge < -0.3 is 5.32 Å². The highest BCUT2D eigenvalue weighted by Crippen LogP contribution is 2.16. The van der Waals surface area contributed by atoms with Gasteiger partial charge in [0.15, 0.2) is 0 Å². The lowest BCUT2D eigenvalue weighted by molar-refractivity contribution is -0.125. The van der Waals surface area contributed by atoms with Crippen LogP contribution in [0.25, 0.3) is 0 Å². The van der Waals surface area contributed by atoms with E-state index in [9.17, 15) is 4.79 Å². The zero-order valence-electron chi connectivity index (χ0n) is 14.9. The zero-order chi connectivity index (χ0) is 17.5. The van der Waals surface area contributed by atoms with Crippen LogP contribution in [-0.4, -0.2) is 30.2 Å². The van der Waals surface area contributed by atoms with Crippen LogP contribution in [0.2, 0.25) is 0 Å². The molecule has 1 atom stereocenters. The molecule has 0 saturated heterocycles. The van der Waals surface area contributed by atoms with Crippen molar-refractivity contribution in [2.75, 3.05) is 13.3 Å². The third-order valence-corrected chi connectivity index (χ3v) is 4.96. The summed E-state index contributed by atoms with van der Waals surface area (Å²) in [6.45, 7) is 5.33. The Kier molecular flexibility index (Phi) is 6.88. The van der Waals surface area contributed by atoms with Crippen molar-refractivity contribution < 1.29 is 4.79 Å². The molecule has 4 heteroatoms. The molecule has 24 heavy (non-hydrogen) atoms. The summed E-state index contributed by atoms with van der Waals surface area (Å²) >= 11 is 1.74. The highest BCUT2D eigenvalue weighted by atomic mass is 32.2. The largest absolute Gasteiger partial charge is 0.351 e. The Morgan fingerprint density at radius 1 is 1.08 bits per heavy atom. The van der Waals surface area contributed by atoms with Gasteiger partial charge in [0, 0.05) is 18.0 Å². The summed E-state index contributed by atoms with van der Waals surface area (Å²) < 4.78 is 0. The molecule has 128 valence electrons. The first-order valence-electron chi connectivity index (χ1n) is 8.16. The number of amides is 1. The van der Waals surface area contributed by atoms with Crippen LogP contribution < -0.4 is 5.32 Å². The lowest BCUT2D eigenvalue weighted by Gasteiger charge is -2.24. The lowest BCUT2D eigenvalue weighted by atomic mass is 10.1. The van der Waals surface area contributed by atoms with Crippen LogP contribution in [0.4, 0.5) is 0 Å². The molecule has 0 unspecified atom stereocenters. The van der Waals surface area contributed by atoms with E-state index in [0.717, 1.165) is 12.1 Å². The number of hydrogen-bond acceptors (Lipinski definition) is 3. The van der Waals surface area contributed by atoms with E-state index in [1.807, 2.05) is 14.0 Å². The van der Waals surface area contributed by atoms with Gasteiger partial charge in [-0.2, -0.15) is 0 Å². The van der Waals surface area contributed by atoms with Crippen LogP contribution in [-0.2, 0) is 17.9 Å². The van der Waals surface area contributed by atoms with Crippen molar-refractivity contribution >= 4 is 17.7 Å². The van der Waals surface area contributed by atoms with E-state index < -0.39 is 0 Å². The molecule has 0 aromatic heterocycles. The second-order valence-electron chi connectivity index (χ2n) is 6.14. The number of aryl methyl sites for hydroxylation is 1. The number of carbonyl (C=O) groups is 1. The predicted octanol–water partition coefficient (Wildman–Crippen LogP) is 3.85. The minimum absolute atomic E-state index is 0.0545. The van der Waals surface area contributed by atoms with Gasteiger partial charge in [-0.3, -0.25) is 9.69 Å². The van der Waals surface area contributed by atoms with Crippen LogP contribution in [0.15, 0.2) is 53.4 Å². The summed E-state index contributed by atoms with van der Waals surface area (Å²) in [6, 6.07) is 16.6. The highest BCUT2D eigenvalue weighted by molar-refractivity contribution is 7.98. The number of thioether (sulfide) groups is 1. The van der Waals surface area contributed by atoms with E-state index in [-0.39, 0.29) is 11.9 Å². The van der Waals surface area contributed by atoms with Crippen molar-refractivity contribution in [2.24, 2.45) is 0 Å². The summed E-state index contributed by atoms with van der Waals surface area (Å²) in [5.41, 5.74) is 3.57. The minimum atomic E-state index is -0.171. The molecule has 0 aliphatic carbocycles. The molecule has 0 aliphatic heterocycles. The Morgan fingerprint density at radius 2 is 1.67 bits per heavy atom. The van der Waals surface area contributed by atoms with Crippen LogP contribution >= 0.6 is 11.8 Å². The van der Waals surface area contributed by atoms with Crippen LogP contribution in [0, 0.1) is 6.92 Å². The Balaban J connectivity index is 1.85. The van der Waals surface area contributed by atoms with Crippen LogP contribution in [0.5, 0.6) is 0 Å². The molecule has 0 saturated carbocycles. The molecule has 2 rings (SSSR count). The third-order valence-electron chi connectivity index (χ3n) is 4.22. The monoisotopic (exact) mass is 342 g/mol. The molecular formula is C20H26N2OS. The molecule has 0 fully saturated rings. The fourth-order valence-electron chi connectivity index (χ4n) is 2.40. The van der Waals surface area contributed by atoms with E-state index >= 15 is 0 Å². The Morgan fingerprint density at radius 3 is 2.25 bits per heavy atom. The van der Waals surface area contributed by atoms with Crippen LogP contribution in [0.1, 0.15) is 23.6 Å². The molecule has 0 spiro atoms. The Hall–Kier alpha value is -1.78. The van der Waals surface area contributed by atoms with Crippen molar-refractivity contribution in [1.82, 2.24) is 10.2 Å². The van der Waals surface area contributed by atoms with Crippen LogP contribution in [0.3, 0.4) is 0 Å². The summed E-state index contributed by atoms with van der Waals surface area (Å²) in [6.07, 6.45) is 2.07. The minimum Gasteiger partial charge on any atom is -0.351 e. The molecule has 2 aromatic rings. The van der Waals surface area contributed by atoms with Crippen molar-refractivity contribution in [3.8, 4) is 0 Å². The summed E-state index contributed by atoms with van der Waals surface area (Å²) in [5.74, 6) is 0.0545. The SMILES string of the molecule is CSc1ccc(CN(C)[C@@H](C)C(=O)NCc2ccc(C)cc2)cc1.